The number of aryl methyl sites for hydroxylation is 1. The van der Waals surface area contributed by atoms with Crippen LogP contribution < -0.4 is 9.47 Å². The van der Waals surface area contributed by atoms with Crippen LogP contribution in [0.3, 0.4) is 0 Å². The summed E-state index contributed by atoms with van der Waals surface area (Å²) < 4.78 is 67.0. The van der Waals surface area contributed by atoms with E-state index in [-0.39, 0.29) is 5.69 Å². The first-order valence-electron chi connectivity index (χ1n) is 4.30. The molecule has 0 spiro atoms. The predicted molar refractivity (Wildman–Crippen MR) is 55.2 cm³/mol. The Morgan fingerprint density at radius 2 is 1.94 bits per heavy atom. The number of hydrogen-bond acceptors (Lipinski definition) is 5. The number of hydrogen-bond donors (Lipinski definition) is 0. The van der Waals surface area contributed by atoms with Crippen LogP contribution in [0.1, 0.15) is 5.69 Å². The highest BCUT2D eigenvalue weighted by atomic mass is 35.7. The fourth-order valence-electron chi connectivity index (χ4n) is 1.16. The van der Waals surface area contributed by atoms with Gasteiger partial charge in [-0.1, -0.05) is 0 Å². The molecule has 0 aliphatic rings. The second kappa shape index (κ2) is 4.81. The Morgan fingerprint density at radius 1 is 1.39 bits per heavy atom. The molecule has 0 aromatic carbocycles. The number of pyridine rings is 1. The molecule has 0 aliphatic carbocycles. The average molecular weight is 306 g/mol. The van der Waals surface area contributed by atoms with Crippen molar-refractivity contribution in [3.63, 3.8) is 0 Å². The second-order valence-electron chi connectivity index (χ2n) is 3.09. The highest BCUT2D eigenvalue weighted by Crippen LogP contribution is 2.37. The number of methoxy groups -OCH3 is 1. The first-order chi connectivity index (χ1) is 8.04. The summed E-state index contributed by atoms with van der Waals surface area (Å²) in [6.07, 6.45) is -4.99. The number of nitrogens with zero attached hydrogens (tertiary/aromatic N) is 1. The Bertz CT molecular complexity index is 558. The largest absolute Gasteiger partial charge is 0.573 e. The van der Waals surface area contributed by atoms with E-state index in [1.165, 1.54) is 6.92 Å². The lowest BCUT2D eigenvalue weighted by Crippen LogP contribution is -2.18. The third-order valence-electron chi connectivity index (χ3n) is 1.70. The van der Waals surface area contributed by atoms with Crippen molar-refractivity contribution in [3.05, 3.63) is 11.8 Å². The number of rotatable bonds is 3. The maximum absolute atomic E-state index is 12.1. The van der Waals surface area contributed by atoms with Gasteiger partial charge in [0.25, 0.3) is 9.05 Å². The van der Waals surface area contributed by atoms with Crippen LogP contribution in [0.4, 0.5) is 13.2 Å². The van der Waals surface area contributed by atoms with Gasteiger partial charge in [0.1, 0.15) is 0 Å². The van der Waals surface area contributed by atoms with Crippen LogP contribution in [0.15, 0.2) is 11.1 Å². The maximum Gasteiger partial charge on any atom is 0.573 e. The molecule has 0 bridgehead atoms. The molecule has 102 valence electrons. The Morgan fingerprint density at radius 3 is 2.33 bits per heavy atom. The van der Waals surface area contributed by atoms with Gasteiger partial charge in [0, 0.05) is 22.4 Å². The number of halogens is 4. The van der Waals surface area contributed by atoms with Crippen molar-refractivity contribution in [2.24, 2.45) is 0 Å². The van der Waals surface area contributed by atoms with Gasteiger partial charge in [-0.15, -0.1) is 13.2 Å². The van der Waals surface area contributed by atoms with Gasteiger partial charge < -0.3 is 9.47 Å². The third kappa shape index (κ3) is 3.64. The minimum atomic E-state index is -4.99. The highest BCUT2D eigenvalue weighted by molar-refractivity contribution is 8.13. The third-order valence-corrected chi connectivity index (χ3v) is 2.87. The van der Waals surface area contributed by atoms with E-state index in [4.69, 9.17) is 10.7 Å². The van der Waals surface area contributed by atoms with Crippen molar-refractivity contribution in [1.82, 2.24) is 4.98 Å². The lowest BCUT2D eigenvalue weighted by molar-refractivity contribution is -0.275. The van der Waals surface area contributed by atoms with Gasteiger partial charge in [-0.2, -0.15) is 0 Å². The molecule has 0 fully saturated rings. The molecule has 0 N–H and O–H groups in total. The predicted octanol–water partition coefficient (Wildman–Crippen LogP) is 2.22. The maximum atomic E-state index is 12.1. The van der Waals surface area contributed by atoms with Gasteiger partial charge >= 0.3 is 6.36 Å². The first-order valence-corrected chi connectivity index (χ1v) is 6.61. The van der Waals surface area contributed by atoms with Crippen LogP contribution in [0.25, 0.3) is 0 Å². The molecule has 0 saturated heterocycles. The van der Waals surface area contributed by atoms with Crippen LogP contribution in [-0.4, -0.2) is 26.9 Å². The van der Waals surface area contributed by atoms with Crippen LogP contribution >= 0.6 is 10.7 Å². The van der Waals surface area contributed by atoms with Crippen LogP contribution in [0.5, 0.6) is 11.5 Å². The molecule has 1 heterocycles. The first kappa shape index (κ1) is 14.8. The molecule has 0 amide bonds. The van der Waals surface area contributed by atoms with E-state index < -0.39 is 31.9 Å². The topological polar surface area (TPSA) is 65.5 Å². The Labute approximate surface area is 105 Å². The smallest absolute Gasteiger partial charge is 0.490 e. The number of alkyl halides is 3. The zero-order valence-corrected chi connectivity index (χ0v) is 10.7. The number of aromatic nitrogens is 1. The van der Waals surface area contributed by atoms with E-state index in [1.54, 1.807) is 0 Å². The van der Waals surface area contributed by atoms with Gasteiger partial charge in [0.15, 0.2) is 11.5 Å². The lowest BCUT2D eigenvalue weighted by Gasteiger charge is -2.14. The monoisotopic (exact) mass is 305 g/mol. The molecule has 1 rings (SSSR count). The van der Waals surface area contributed by atoms with E-state index in [2.05, 4.69) is 14.5 Å². The summed E-state index contributed by atoms with van der Waals surface area (Å²) in [6.45, 7) is 1.29. The SMILES string of the molecule is COc1c(OC(F)(F)F)cc(C)nc1S(=O)(=O)Cl. The summed E-state index contributed by atoms with van der Waals surface area (Å²) in [7, 11) is 1.67. The van der Waals surface area contributed by atoms with E-state index in [9.17, 15) is 21.6 Å². The lowest BCUT2D eigenvalue weighted by atomic mass is 10.3. The summed E-state index contributed by atoms with van der Waals surface area (Å²) in [5.74, 6) is -1.52. The molecular formula is C8H7ClF3NO4S. The molecule has 5 nitrogen and oxygen atoms in total. The molecule has 0 radical (unpaired) electrons. The standard InChI is InChI=1S/C8H7ClF3NO4S/c1-4-3-5(17-8(10,11)12)6(16-2)7(13-4)18(9,14)15/h3H,1-2H3. The van der Waals surface area contributed by atoms with E-state index >= 15 is 0 Å². The van der Waals surface area contributed by atoms with Gasteiger partial charge in [0.2, 0.25) is 5.03 Å². The average Bonchev–Trinajstić information content (AvgIpc) is 2.12. The zero-order chi connectivity index (χ0) is 14.1. The van der Waals surface area contributed by atoms with Crippen molar-refractivity contribution in [2.45, 2.75) is 18.3 Å². The van der Waals surface area contributed by atoms with E-state index in [0.29, 0.717) is 0 Å². The molecular weight excluding hydrogens is 299 g/mol. The summed E-state index contributed by atoms with van der Waals surface area (Å²) in [4.78, 5) is 3.51. The van der Waals surface area contributed by atoms with Crippen LogP contribution in [0, 0.1) is 6.92 Å². The molecule has 1 aromatic heterocycles. The fraction of sp³-hybridized carbons (Fsp3) is 0.375. The van der Waals surface area contributed by atoms with Crippen molar-refractivity contribution < 1.29 is 31.1 Å². The van der Waals surface area contributed by atoms with Crippen LogP contribution in [-0.2, 0) is 9.05 Å². The molecule has 1 aromatic rings. The van der Waals surface area contributed by atoms with Gasteiger partial charge in [-0.25, -0.2) is 13.4 Å². The van der Waals surface area contributed by atoms with Gasteiger partial charge in [-0.05, 0) is 6.92 Å². The molecule has 0 atom stereocenters. The van der Waals surface area contributed by atoms with E-state index in [1.807, 2.05) is 0 Å². The fourth-order valence-corrected chi connectivity index (χ4v) is 2.13. The minimum Gasteiger partial charge on any atom is -0.490 e. The molecule has 10 heteroatoms. The summed E-state index contributed by atoms with van der Waals surface area (Å²) >= 11 is 0. The summed E-state index contributed by atoms with van der Waals surface area (Å²) in [5.41, 5.74) is -0.0192. The van der Waals surface area contributed by atoms with Crippen molar-refractivity contribution >= 4 is 19.7 Å². The van der Waals surface area contributed by atoms with Crippen molar-refractivity contribution in [3.8, 4) is 11.5 Å². The second-order valence-corrected chi connectivity index (χ2v) is 5.57. The zero-order valence-electron chi connectivity index (χ0n) is 9.08. The van der Waals surface area contributed by atoms with Crippen molar-refractivity contribution in [1.29, 1.82) is 0 Å². The minimum absolute atomic E-state index is 0.0192. The number of ether oxygens (including phenoxy) is 2. The Kier molecular flexibility index (Phi) is 3.96. The Balaban J connectivity index is 3.48. The molecule has 0 aliphatic heterocycles. The van der Waals surface area contributed by atoms with Crippen LogP contribution in [0.2, 0.25) is 0 Å². The van der Waals surface area contributed by atoms with Gasteiger partial charge in [-0.3, -0.25) is 0 Å². The normalized spacial score (nSPS) is 12.3. The molecule has 0 unspecified atom stereocenters. The van der Waals surface area contributed by atoms with E-state index in [0.717, 1.165) is 13.2 Å². The quantitative estimate of drug-likeness (QED) is 0.801. The summed E-state index contributed by atoms with van der Waals surface area (Å²) in [6, 6.07) is 0.887. The summed E-state index contributed by atoms with van der Waals surface area (Å²) in [5, 5.41) is -0.828. The van der Waals surface area contributed by atoms with Crippen molar-refractivity contribution in [2.75, 3.05) is 7.11 Å². The van der Waals surface area contributed by atoms with Gasteiger partial charge in [0.05, 0.1) is 7.11 Å². The highest BCUT2D eigenvalue weighted by Gasteiger charge is 2.34. The Hall–Kier alpha value is -1.22. The molecule has 18 heavy (non-hydrogen) atoms. The molecule has 0 saturated carbocycles.